The molecule has 0 amide bonds. The van der Waals surface area contributed by atoms with Crippen molar-refractivity contribution in [3.05, 3.63) is 18.7 Å². The van der Waals surface area contributed by atoms with Crippen molar-refractivity contribution in [2.24, 2.45) is 0 Å². The Morgan fingerprint density at radius 2 is 2.36 bits per heavy atom. The molecule has 1 unspecified atom stereocenters. The van der Waals surface area contributed by atoms with Crippen molar-refractivity contribution in [1.29, 1.82) is 0 Å². The highest BCUT2D eigenvalue weighted by Crippen LogP contribution is 2.14. The lowest BCUT2D eigenvalue weighted by Crippen LogP contribution is -2.20. The SMILES string of the molecule is CCCC(C(=O)OCC)n1ccnc1. The second-order valence-corrected chi connectivity index (χ2v) is 3.07. The number of carbonyl (C=O) groups excluding carboxylic acids is 1. The number of hydrogen-bond donors (Lipinski definition) is 0. The van der Waals surface area contributed by atoms with Gasteiger partial charge in [0.15, 0.2) is 0 Å². The van der Waals surface area contributed by atoms with Crippen molar-refractivity contribution in [3.63, 3.8) is 0 Å². The van der Waals surface area contributed by atoms with E-state index in [0.717, 1.165) is 12.8 Å². The van der Waals surface area contributed by atoms with Crippen LogP contribution in [0.2, 0.25) is 0 Å². The van der Waals surface area contributed by atoms with Crippen molar-refractivity contribution >= 4 is 5.97 Å². The highest BCUT2D eigenvalue weighted by molar-refractivity contribution is 5.74. The monoisotopic (exact) mass is 196 g/mol. The van der Waals surface area contributed by atoms with Crippen molar-refractivity contribution in [2.45, 2.75) is 32.7 Å². The molecule has 0 aromatic carbocycles. The maximum absolute atomic E-state index is 11.6. The summed E-state index contributed by atoms with van der Waals surface area (Å²) >= 11 is 0. The van der Waals surface area contributed by atoms with Gasteiger partial charge in [-0.3, -0.25) is 0 Å². The molecule has 1 heterocycles. The molecule has 0 radical (unpaired) electrons. The molecule has 14 heavy (non-hydrogen) atoms. The minimum absolute atomic E-state index is 0.174. The second kappa shape index (κ2) is 5.42. The molecule has 1 rings (SSSR count). The normalized spacial score (nSPS) is 12.4. The summed E-state index contributed by atoms with van der Waals surface area (Å²) in [5.74, 6) is -0.174. The molecule has 1 atom stereocenters. The van der Waals surface area contributed by atoms with E-state index in [9.17, 15) is 4.79 Å². The van der Waals surface area contributed by atoms with E-state index in [4.69, 9.17) is 4.74 Å². The zero-order valence-electron chi connectivity index (χ0n) is 8.64. The molecular weight excluding hydrogens is 180 g/mol. The minimum atomic E-state index is -0.220. The van der Waals surface area contributed by atoms with Crippen molar-refractivity contribution in [3.8, 4) is 0 Å². The number of rotatable bonds is 5. The van der Waals surface area contributed by atoms with E-state index in [1.54, 1.807) is 23.3 Å². The summed E-state index contributed by atoms with van der Waals surface area (Å²) in [5, 5.41) is 0. The van der Waals surface area contributed by atoms with E-state index in [-0.39, 0.29) is 12.0 Å². The second-order valence-electron chi connectivity index (χ2n) is 3.07. The van der Waals surface area contributed by atoms with Crippen molar-refractivity contribution < 1.29 is 9.53 Å². The Morgan fingerprint density at radius 3 is 2.86 bits per heavy atom. The fraction of sp³-hybridized carbons (Fsp3) is 0.600. The van der Waals surface area contributed by atoms with Gasteiger partial charge >= 0.3 is 5.97 Å². The van der Waals surface area contributed by atoms with Crippen LogP contribution in [-0.4, -0.2) is 22.1 Å². The molecule has 4 heteroatoms. The average Bonchev–Trinajstić information content (AvgIpc) is 2.67. The first kappa shape index (κ1) is 10.8. The highest BCUT2D eigenvalue weighted by atomic mass is 16.5. The highest BCUT2D eigenvalue weighted by Gasteiger charge is 2.19. The van der Waals surface area contributed by atoms with Gasteiger partial charge in [-0.15, -0.1) is 0 Å². The molecule has 0 aliphatic rings. The zero-order chi connectivity index (χ0) is 10.4. The molecule has 0 spiro atoms. The molecular formula is C10H16N2O2. The van der Waals surface area contributed by atoms with Crippen LogP contribution in [0.4, 0.5) is 0 Å². The fourth-order valence-corrected chi connectivity index (χ4v) is 1.35. The van der Waals surface area contributed by atoms with Crippen LogP contribution in [-0.2, 0) is 9.53 Å². The summed E-state index contributed by atoms with van der Waals surface area (Å²) in [6.07, 6.45) is 6.84. The first-order valence-corrected chi connectivity index (χ1v) is 4.93. The summed E-state index contributed by atoms with van der Waals surface area (Å²) in [4.78, 5) is 15.5. The van der Waals surface area contributed by atoms with Crippen molar-refractivity contribution in [1.82, 2.24) is 9.55 Å². The van der Waals surface area contributed by atoms with Gasteiger partial charge in [-0.1, -0.05) is 13.3 Å². The van der Waals surface area contributed by atoms with E-state index in [2.05, 4.69) is 4.98 Å². The number of esters is 1. The van der Waals surface area contributed by atoms with Crippen LogP contribution in [0.3, 0.4) is 0 Å². The Labute approximate surface area is 83.9 Å². The predicted octanol–water partition coefficient (Wildman–Crippen LogP) is 1.79. The maximum atomic E-state index is 11.6. The lowest BCUT2D eigenvalue weighted by Gasteiger charge is -2.15. The van der Waals surface area contributed by atoms with Gasteiger partial charge in [0.05, 0.1) is 12.9 Å². The van der Waals surface area contributed by atoms with Gasteiger partial charge in [0.2, 0.25) is 0 Å². The van der Waals surface area contributed by atoms with Crippen LogP contribution in [0, 0.1) is 0 Å². The summed E-state index contributed by atoms with van der Waals surface area (Å²) in [7, 11) is 0. The van der Waals surface area contributed by atoms with Crippen LogP contribution < -0.4 is 0 Å². The van der Waals surface area contributed by atoms with E-state index in [0.29, 0.717) is 6.61 Å². The molecule has 0 aliphatic heterocycles. The molecule has 0 bridgehead atoms. The Balaban J connectivity index is 2.69. The lowest BCUT2D eigenvalue weighted by molar-refractivity contribution is -0.147. The first-order chi connectivity index (χ1) is 6.79. The summed E-state index contributed by atoms with van der Waals surface area (Å²) in [5.41, 5.74) is 0. The topological polar surface area (TPSA) is 44.1 Å². The van der Waals surface area contributed by atoms with Gasteiger partial charge in [-0.05, 0) is 13.3 Å². The van der Waals surface area contributed by atoms with Crippen LogP contribution in [0.15, 0.2) is 18.7 Å². The van der Waals surface area contributed by atoms with Gasteiger partial charge in [0.1, 0.15) is 6.04 Å². The quantitative estimate of drug-likeness (QED) is 0.674. The molecule has 78 valence electrons. The van der Waals surface area contributed by atoms with Gasteiger partial charge < -0.3 is 9.30 Å². The standard InChI is InChI=1S/C10H16N2O2/c1-3-5-9(10(13)14-4-2)12-7-6-11-8-12/h6-9H,3-5H2,1-2H3. The number of hydrogen-bond acceptors (Lipinski definition) is 3. The minimum Gasteiger partial charge on any atom is -0.464 e. The average molecular weight is 196 g/mol. The van der Waals surface area contributed by atoms with Gasteiger partial charge in [-0.25, -0.2) is 9.78 Å². The van der Waals surface area contributed by atoms with Crippen LogP contribution >= 0.6 is 0 Å². The van der Waals surface area contributed by atoms with Crippen LogP contribution in [0.25, 0.3) is 0 Å². The summed E-state index contributed by atoms with van der Waals surface area (Å²) in [6, 6.07) is -0.220. The van der Waals surface area contributed by atoms with Gasteiger partial charge in [-0.2, -0.15) is 0 Å². The van der Waals surface area contributed by atoms with Gasteiger partial charge in [0.25, 0.3) is 0 Å². The number of nitrogens with zero attached hydrogens (tertiary/aromatic N) is 2. The van der Waals surface area contributed by atoms with Gasteiger partial charge in [0, 0.05) is 12.4 Å². The summed E-state index contributed by atoms with van der Waals surface area (Å²) < 4.78 is 6.79. The first-order valence-electron chi connectivity index (χ1n) is 4.93. The smallest absolute Gasteiger partial charge is 0.329 e. The number of ether oxygens (including phenoxy) is 1. The van der Waals surface area contributed by atoms with E-state index < -0.39 is 0 Å². The summed E-state index contributed by atoms with van der Waals surface area (Å²) in [6.45, 7) is 4.28. The molecule has 0 N–H and O–H groups in total. The molecule has 0 aliphatic carbocycles. The largest absolute Gasteiger partial charge is 0.464 e. The van der Waals surface area contributed by atoms with Crippen LogP contribution in [0.1, 0.15) is 32.7 Å². The molecule has 0 fully saturated rings. The van der Waals surface area contributed by atoms with E-state index in [1.165, 1.54) is 0 Å². The number of aromatic nitrogens is 2. The number of imidazole rings is 1. The third-order valence-electron chi connectivity index (χ3n) is 2.01. The zero-order valence-corrected chi connectivity index (χ0v) is 8.64. The Morgan fingerprint density at radius 1 is 1.57 bits per heavy atom. The molecule has 0 saturated heterocycles. The predicted molar refractivity (Wildman–Crippen MR) is 52.8 cm³/mol. The third-order valence-corrected chi connectivity index (χ3v) is 2.01. The van der Waals surface area contributed by atoms with Crippen LogP contribution in [0.5, 0.6) is 0 Å². The molecule has 1 aromatic heterocycles. The van der Waals surface area contributed by atoms with Crippen molar-refractivity contribution in [2.75, 3.05) is 6.61 Å². The Bertz CT molecular complexity index is 270. The Hall–Kier alpha value is -1.32. The number of carbonyl (C=O) groups is 1. The maximum Gasteiger partial charge on any atom is 0.329 e. The molecule has 1 aromatic rings. The lowest BCUT2D eigenvalue weighted by atomic mass is 10.1. The fourth-order valence-electron chi connectivity index (χ4n) is 1.35. The molecule has 0 saturated carbocycles. The van der Waals surface area contributed by atoms with E-state index >= 15 is 0 Å². The third kappa shape index (κ3) is 2.58. The Kier molecular flexibility index (Phi) is 4.16. The molecule has 4 nitrogen and oxygen atoms in total. The van der Waals surface area contributed by atoms with E-state index in [1.807, 2.05) is 13.8 Å².